The summed E-state index contributed by atoms with van der Waals surface area (Å²) < 4.78 is 38.9. The van der Waals surface area contributed by atoms with Gasteiger partial charge in [-0.05, 0) is 62.5 Å². The van der Waals surface area contributed by atoms with Gasteiger partial charge in [-0.1, -0.05) is 0 Å². The van der Waals surface area contributed by atoms with Crippen LogP contribution in [0, 0.1) is 28.1 Å². The summed E-state index contributed by atoms with van der Waals surface area (Å²) >= 11 is 0. The van der Waals surface area contributed by atoms with Crippen molar-refractivity contribution in [2.45, 2.75) is 62.6 Å². The van der Waals surface area contributed by atoms with E-state index >= 15 is 0 Å². The second kappa shape index (κ2) is 7.68. The molecule has 9 nitrogen and oxygen atoms in total. The average molecular weight is 528 g/mol. The van der Waals surface area contributed by atoms with E-state index < -0.39 is 23.0 Å². The minimum Gasteiger partial charge on any atom is -0.382 e. The van der Waals surface area contributed by atoms with Crippen molar-refractivity contribution in [2.24, 2.45) is 16.7 Å². The molecule has 0 aromatic carbocycles. The Morgan fingerprint density at radius 1 is 1.11 bits per heavy atom. The van der Waals surface area contributed by atoms with Crippen LogP contribution in [0.2, 0.25) is 0 Å². The molecule has 2 saturated heterocycles. The molecule has 200 valence electrons. The van der Waals surface area contributed by atoms with E-state index in [1.807, 2.05) is 9.80 Å². The van der Waals surface area contributed by atoms with E-state index in [4.69, 9.17) is 5.26 Å². The molecule has 2 aromatic heterocycles. The smallest absolute Gasteiger partial charge is 0.382 e. The summed E-state index contributed by atoms with van der Waals surface area (Å²) in [7, 11) is 0. The molecule has 38 heavy (non-hydrogen) atoms. The van der Waals surface area contributed by atoms with Crippen LogP contribution in [0.5, 0.6) is 0 Å². The number of pyridine rings is 1. The molecule has 2 amide bonds. The Labute approximate surface area is 217 Å². The summed E-state index contributed by atoms with van der Waals surface area (Å²) in [5.41, 5.74) is -1.42. The van der Waals surface area contributed by atoms with Crippen LogP contribution in [0.1, 0.15) is 72.9 Å². The lowest BCUT2D eigenvalue weighted by atomic mass is 9.56. The summed E-state index contributed by atoms with van der Waals surface area (Å²) in [4.78, 5) is 23.5. The third-order valence-electron chi connectivity index (χ3n) is 9.36. The number of rotatable bonds is 4. The summed E-state index contributed by atoms with van der Waals surface area (Å²) in [6.07, 6.45) is 2.45. The Morgan fingerprint density at radius 2 is 1.74 bits per heavy atom. The van der Waals surface area contributed by atoms with Crippen LogP contribution in [0.15, 0.2) is 12.3 Å². The first-order chi connectivity index (χ1) is 18.0. The van der Waals surface area contributed by atoms with E-state index in [0.717, 1.165) is 70.5 Å². The highest BCUT2D eigenvalue weighted by molar-refractivity contribution is 5.77. The van der Waals surface area contributed by atoms with Crippen molar-refractivity contribution in [1.29, 1.82) is 5.26 Å². The third kappa shape index (κ3) is 3.77. The van der Waals surface area contributed by atoms with Crippen LogP contribution in [0.25, 0.3) is 0 Å². The van der Waals surface area contributed by atoms with Gasteiger partial charge in [-0.3, -0.25) is 4.98 Å². The fourth-order valence-corrected chi connectivity index (χ4v) is 7.29. The number of hydrogen-bond acceptors (Lipinski definition) is 6. The van der Waals surface area contributed by atoms with Crippen LogP contribution in [-0.2, 0) is 18.2 Å². The molecule has 12 heteroatoms. The van der Waals surface area contributed by atoms with E-state index in [2.05, 4.69) is 20.2 Å². The maximum absolute atomic E-state index is 13.0. The van der Waals surface area contributed by atoms with E-state index in [9.17, 15) is 23.1 Å². The number of amides is 2. The third-order valence-corrected chi connectivity index (χ3v) is 9.36. The molecule has 2 N–H and O–H groups in total. The first-order valence-corrected chi connectivity index (χ1v) is 13.1. The largest absolute Gasteiger partial charge is 0.434 e. The number of carbonyl (C=O) groups excluding carboxylic acids is 1. The number of aliphatic hydroxyl groups is 1. The van der Waals surface area contributed by atoms with Gasteiger partial charge in [0.15, 0.2) is 11.5 Å². The minimum absolute atomic E-state index is 0.0941. The number of aromatic nitrogens is 4. The molecule has 3 saturated carbocycles. The number of carbonyl (C=O) groups is 1. The highest BCUT2D eigenvalue weighted by Crippen LogP contribution is 2.57. The van der Waals surface area contributed by atoms with Crippen molar-refractivity contribution >= 4 is 6.03 Å². The van der Waals surface area contributed by atoms with Gasteiger partial charge in [0, 0.05) is 49.1 Å². The Bertz CT molecular complexity index is 1330. The van der Waals surface area contributed by atoms with Crippen LogP contribution >= 0.6 is 0 Å². The molecule has 0 atom stereocenters. The molecule has 5 aliphatic rings. The van der Waals surface area contributed by atoms with Crippen molar-refractivity contribution < 1.29 is 23.1 Å². The molecule has 4 heterocycles. The number of nitrogens with zero attached hydrogens (tertiary/aromatic N) is 6. The van der Waals surface area contributed by atoms with E-state index in [1.54, 1.807) is 6.07 Å². The van der Waals surface area contributed by atoms with Gasteiger partial charge in [-0.15, -0.1) is 10.2 Å². The zero-order chi connectivity index (χ0) is 26.5. The number of H-pyrrole nitrogens is 1. The van der Waals surface area contributed by atoms with Gasteiger partial charge in [0.2, 0.25) is 0 Å². The molecular formula is C26H28F3N7O2. The van der Waals surface area contributed by atoms with E-state index in [0.29, 0.717) is 29.6 Å². The van der Waals surface area contributed by atoms with Gasteiger partial charge in [0.25, 0.3) is 0 Å². The maximum atomic E-state index is 13.0. The molecule has 2 spiro atoms. The summed E-state index contributed by atoms with van der Waals surface area (Å²) in [6, 6.07) is 3.01. The highest BCUT2D eigenvalue weighted by Gasteiger charge is 2.59. The molecule has 5 fully saturated rings. The molecule has 3 aliphatic carbocycles. The average Bonchev–Trinajstić information content (AvgIpc) is 3.32. The predicted octanol–water partition coefficient (Wildman–Crippen LogP) is 3.33. The summed E-state index contributed by atoms with van der Waals surface area (Å²) in [5.74, 6) is 2.05. The van der Waals surface area contributed by atoms with Gasteiger partial charge in [-0.25, -0.2) is 4.79 Å². The molecule has 7 rings (SSSR count). The topological polar surface area (TPSA) is 122 Å². The van der Waals surface area contributed by atoms with Crippen LogP contribution in [0.3, 0.4) is 0 Å². The molecule has 0 radical (unpaired) electrons. The zero-order valence-electron chi connectivity index (χ0n) is 20.8. The van der Waals surface area contributed by atoms with Gasteiger partial charge >= 0.3 is 12.2 Å². The van der Waals surface area contributed by atoms with E-state index in [1.165, 1.54) is 12.3 Å². The van der Waals surface area contributed by atoms with Crippen LogP contribution in [0.4, 0.5) is 18.0 Å². The van der Waals surface area contributed by atoms with Gasteiger partial charge in [-0.2, -0.15) is 18.4 Å². The number of nitrogens with one attached hydrogen (secondary N) is 1. The van der Waals surface area contributed by atoms with Crippen LogP contribution < -0.4 is 0 Å². The number of likely N-dealkylation sites (tertiary alicyclic amines) is 2. The lowest BCUT2D eigenvalue weighted by molar-refractivity contribution is -0.141. The lowest BCUT2D eigenvalue weighted by Gasteiger charge is -2.63. The number of alkyl halides is 3. The number of nitriles is 1. The first-order valence-electron chi connectivity index (χ1n) is 13.1. The summed E-state index contributed by atoms with van der Waals surface area (Å²) in [6.45, 7) is 2.99. The number of halogens is 3. The fourth-order valence-electron chi connectivity index (χ4n) is 7.29. The van der Waals surface area contributed by atoms with Crippen LogP contribution in [-0.4, -0.2) is 67.3 Å². The van der Waals surface area contributed by atoms with Crippen molar-refractivity contribution in [3.63, 3.8) is 0 Å². The normalized spacial score (nSPS) is 24.8. The Hall–Kier alpha value is -3.20. The fraction of sp³-hybridized carbons (Fsp3) is 0.654. The summed E-state index contributed by atoms with van der Waals surface area (Å²) in [5, 5.41) is 27.6. The Balaban J connectivity index is 0.855. The van der Waals surface area contributed by atoms with Crippen molar-refractivity contribution in [3.05, 3.63) is 40.7 Å². The number of aromatic amines is 1. The van der Waals surface area contributed by atoms with Crippen molar-refractivity contribution in [1.82, 2.24) is 30.0 Å². The maximum Gasteiger partial charge on any atom is 0.434 e. The SMILES string of the molecule is N#Cc1cc(CC2CC3(C2)CN(C(=O)N2CC4(CC(c5nnc(C6(O)CC6)[nH]5)C4)C2)C3)cnc1C(F)(F)F. The predicted molar refractivity (Wildman–Crippen MR) is 125 cm³/mol. The number of hydrogen-bond donors (Lipinski definition) is 2. The lowest BCUT2D eigenvalue weighted by Crippen LogP contribution is -2.70. The van der Waals surface area contributed by atoms with Gasteiger partial charge < -0.3 is 19.9 Å². The zero-order valence-corrected chi connectivity index (χ0v) is 20.8. The molecule has 2 aromatic rings. The monoisotopic (exact) mass is 527 g/mol. The highest BCUT2D eigenvalue weighted by atomic mass is 19.4. The quantitative estimate of drug-likeness (QED) is 0.629. The second-order valence-corrected chi connectivity index (χ2v) is 12.5. The van der Waals surface area contributed by atoms with Crippen molar-refractivity contribution in [2.75, 3.05) is 26.2 Å². The Morgan fingerprint density at radius 3 is 2.32 bits per heavy atom. The molecule has 0 bridgehead atoms. The molecule has 0 unspecified atom stereocenters. The molecule has 2 aliphatic heterocycles. The van der Waals surface area contributed by atoms with Gasteiger partial charge in [0.1, 0.15) is 17.5 Å². The van der Waals surface area contributed by atoms with E-state index in [-0.39, 0.29) is 16.9 Å². The minimum atomic E-state index is -4.64. The Kier molecular flexibility index (Phi) is 4.83. The number of urea groups is 1. The van der Waals surface area contributed by atoms with Gasteiger partial charge in [0.05, 0.1) is 5.56 Å². The standard InChI is InChI=1S/C26H28F3N7O2/c27-26(28,29)19-17(9-30)4-15(10-31-19)3-16-5-23(6-16)11-35(12-23)22(37)36-13-24(14-36)7-18(8-24)20-32-21(34-33-20)25(38)1-2-25/h4,10,16,18,38H,1-3,5-8,11-14H2,(H,32,33,34). The second-order valence-electron chi connectivity index (χ2n) is 12.5. The first kappa shape index (κ1) is 23.9. The molecular weight excluding hydrogens is 499 g/mol. The van der Waals surface area contributed by atoms with Crippen molar-refractivity contribution in [3.8, 4) is 6.07 Å².